The molecule has 0 spiro atoms. The average molecular weight is 238 g/mol. The van der Waals surface area contributed by atoms with E-state index >= 15 is 0 Å². The van der Waals surface area contributed by atoms with Crippen LogP contribution in [-0.2, 0) is 0 Å². The van der Waals surface area contributed by atoms with Gasteiger partial charge in [-0.3, -0.25) is 4.79 Å². The molecular formula is C10H5ClFN3O. The Labute approximate surface area is 93.3 Å². The number of rotatable bonds is 0. The maximum Gasteiger partial charge on any atom is 0.274 e. The molecule has 0 bridgehead atoms. The number of aromatic nitrogens is 3. The largest absolute Gasteiger partial charge is 0.319 e. The zero-order chi connectivity index (χ0) is 11.3. The van der Waals surface area contributed by atoms with E-state index in [-0.39, 0.29) is 21.7 Å². The van der Waals surface area contributed by atoms with Gasteiger partial charge in [-0.1, -0.05) is 17.7 Å². The van der Waals surface area contributed by atoms with Gasteiger partial charge in [-0.15, -0.1) is 0 Å². The normalized spacial score (nSPS) is 11.4. The minimum atomic E-state index is -0.460. The molecule has 0 radical (unpaired) electrons. The van der Waals surface area contributed by atoms with Gasteiger partial charge in [0.2, 0.25) is 0 Å². The number of para-hydroxylation sites is 1. The summed E-state index contributed by atoms with van der Waals surface area (Å²) in [6.45, 7) is 0. The smallest absolute Gasteiger partial charge is 0.274 e. The SMILES string of the molecule is O=c1[nH]c2cccc(F)c2n2nc(Cl)cc12. The van der Waals surface area contributed by atoms with Gasteiger partial charge in [0.1, 0.15) is 11.0 Å². The molecule has 0 aliphatic heterocycles. The van der Waals surface area contributed by atoms with E-state index in [1.54, 1.807) is 6.07 Å². The Morgan fingerprint density at radius 3 is 3.06 bits per heavy atom. The molecular weight excluding hydrogens is 233 g/mol. The number of nitrogens with zero attached hydrogens (tertiary/aromatic N) is 2. The summed E-state index contributed by atoms with van der Waals surface area (Å²) >= 11 is 5.70. The number of aromatic amines is 1. The summed E-state index contributed by atoms with van der Waals surface area (Å²) in [4.78, 5) is 14.2. The third-order valence-electron chi connectivity index (χ3n) is 2.36. The highest BCUT2D eigenvalue weighted by Gasteiger charge is 2.10. The second kappa shape index (κ2) is 3.05. The summed E-state index contributed by atoms with van der Waals surface area (Å²) in [5.74, 6) is -0.460. The van der Waals surface area contributed by atoms with Crippen LogP contribution in [0.2, 0.25) is 5.15 Å². The van der Waals surface area contributed by atoms with Crippen LogP contribution in [0.1, 0.15) is 0 Å². The van der Waals surface area contributed by atoms with Crippen molar-refractivity contribution in [1.29, 1.82) is 0 Å². The van der Waals surface area contributed by atoms with Crippen molar-refractivity contribution in [1.82, 2.24) is 14.6 Å². The van der Waals surface area contributed by atoms with Gasteiger partial charge in [-0.2, -0.15) is 5.10 Å². The van der Waals surface area contributed by atoms with Gasteiger partial charge < -0.3 is 4.98 Å². The highest BCUT2D eigenvalue weighted by molar-refractivity contribution is 6.29. The third-order valence-corrected chi connectivity index (χ3v) is 2.54. The van der Waals surface area contributed by atoms with Gasteiger partial charge in [0.05, 0.1) is 5.52 Å². The van der Waals surface area contributed by atoms with Crippen molar-refractivity contribution in [3.8, 4) is 0 Å². The Morgan fingerprint density at radius 1 is 1.44 bits per heavy atom. The fourth-order valence-corrected chi connectivity index (χ4v) is 1.88. The van der Waals surface area contributed by atoms with Crippen LogP contribution in [0, 0.1) is 5.82 Å². The minimum Gasteiger partial charge on any atom is -0.319 e. The highest BCUT2D eigenvalue weighted by Crippen LogP contribution is 2.17. The van der Waals surface area contributed by atoms with Gasteiger partial charge in [-0.25, -0.2) is 8.91 Å². The number of halogens is 2. The van der Waals surface area contributed by atoms with Crippen LogP contribution < -0.4 is 5.56 Å². The van der Waals surface area contributed by atoms with Gasteiger partial charge >= 0.3 is 0 Å². The van der Waals surface area contributed by atoms with Crippen LogP contribution >= 0.6 is 11.6 Å². The Morgan fingerprint density at radius 2 is 2.25 bits per heavy atom. The van der Waals surface area contributed by atoms with Crippen LogP contribution in [0.5, 0.6) is 0 Å². The molecule has 2 aromatic heterocycles. The first-order chi connectivity index (χ1) is 7.66. The lowest BCUT2D eigenvalue weighted by molar-refractivity contribution is 0.632. The molecule has 16 heavy (non-hydrogen) atoms. The second-order valence-corrected chi connectivity index (χ2v) is 3.74. The molecule has 3 rings (SSSR count). The Balaban J connectivity index is 2.71. The first-order valence-corrected chi connectivity index (χ1v) is 4.90. The number of hydrogen-bond donors (Lipinski definition) is 1. The summed E-state index contributed by atoms with van der Waals surface area (Å²) < 4.78 is 14.8. The molecule has 3 aromatic rings. The van der Waals surface area contributed by atoms with E-state index in [0.29, 0.717) is 5.52 Å². The standard InChI is InChI=1S/C10H5ClFN3O/c11-8-4-7-10(16)13-6-3-1-2-5(12)9(6)15(7)14-8/h1-4H,(H,13,16). The second-order valence-electron chi connectivity index (χ2n) is 3.35. The van der Waals surface area contributed by atoms with E-state index in [1.165, 1.54) is 22.7 Å². The maximum absolute atomic E-state index is 13.6. The van der Waals surface area contributed by atoms with Crippen LogP contribution in [0.25, 0.3) is 16.6 Å². The first-order valence-electron chi connectivity index (χ1n) is 4.52. The monoisotopic (exact) mass is 237 g/mol. The lowest BCUT2D eigenvalue weighted by Crippen LogP contribution is -2.11. The van der Waals surface area contributed by atoms with Crippen LogP contribution in [0.4, 0.5) is 4.39 Å². The number of nitrogens with one attached hydrogen (secondary N) is 1. The molecule has 0 saturated heterocycles. The third kappa shape index (κ3) is 1.15. The lowest BCUT2D eigenvalue weighted by Gasteiger charge is -2.01. The van der Waals surface area contributed by atoms with Crippen LogP contribution in [0.15, 0.2) is 29.1 Å². The molecule has 80 valence electrons. The minimum absolute atomic E-state index is 0.154. The van der Waals surface area contributed by atoms with E-state index in [9.17, 15) is 9.18 Å². The molecule has 0 saturated carbocycles. The molecule has 0 aliphatic carbocycles. The summed E-state index contributed by atoms with van der Waals surface area (Å²) in [5.41, 5.74) is 0.473. The van der Waals surface area contributed by atoms with Gasteiger partial charge in [0.15, 0.2) is 11.0 Å². The van der Waals surface area contributed by atoms with Crippen LogP contribution in [0.3, 0.4) is 0 Å². The van der Waals surface area contributed by atoms with E-state index in [4.69, 9.17) is 11.6 Å². The molecule has 6 heteroatoms. The lowest BCUT2D eigenvalue weighted by atomic mass is 10.3. The Bertz CT molecular complexity index is 762. The van der Waals surface area contributed by atoms with Crippen molar-refractivity contribution < 1.29 is 4.39 Å². The predicted octanol–water partition coefficient (Wildman–Crippen LogP) is 1.97. The zero-order valence-corrected chi connectivity index (χ0v) is 8.62. The van der Waals surface area contributed by atoms with Crippen molar-refractivity contribution in [2.75, 3.05) is 0 Å². The van der Waals surface area contributed by atoms with Crippen molar-refractivity contribution in [2.45, 2.75) is 0 Å². The summed E-state index contributed by atoms with van der Waals surface area (Å²) in [7, 11) is 0. The molecule has 2 heterocycles. The molecule has 0 aliphatic rings. The fourth-order valence-electron chi connectivity index (χ4n) is 1.70. The van der Waals surface area contributed by atoms with E-state index in [0.717, 1.165) is 0 Å². The molecule has 1 N–H and O–H groups in total. The van der Waals surface area contributed by atoms with Gasteiger partial charge in [0, 0.05) is 6.07 Å². The van der Waals surface area contributed by atoms with Gasteiger partial charge in [-0.05, 0) is 12.1 Å². The van der Waals surface area contributed by atoms with E-state index in [1.807, 2.05) is 0 Å². The molecule has 4 nitrogen and oxygen atoms in total. The Hall–Kier alpha value is -1.88. The van der Waals surface area contributed by atoms with E-state index in [2.05, 4.69) is 10.1 Å². The fraction of sp³-hybridized carbons (Fsp3) is 0. The number of fused-ring (bicyclic) bond motifs is 3. The number of benzene rings is 1. The molecule has 0 atom stereocenters. The summed E-state index contributed by atoms with van der Waals surface area (Å²) in [6.07, 6.45) is 0. The molecule has 0 unspecified atom stereocenters. The average Bonchev–Trinajstić information content (AvgIpc) is 2.60. The first kappa shape index (κ1) is 9.35. The number of H-pyrrole nitrogens is 1. The summed E-state index contributed by atoms with van der Waals surface area (Å²) in [6, 6.07) is 5.82. The number of hydrogen-bond acceptors (Lipinski definition) is 2. The topological polar surface area (TPSA) is 50.2 Å². The van der Waals surface area contributed by atoms with Gasteiger partial charge in [0.25, 0.3) is 5.56 Å². The quantitative estimate of drug-likeness (QED) is 0.650. The zero-order valence-electron chi connectivity index (χ0n) is 7.87. The highest BCUT2D eigenvalue weighted by atomic mass is 35.5. The van der Waals surface area contributed by atoms with E-state index < -0.39 is 5.82 Å². The predicted molar refractivity (Wildman–Crippen MR) is 58.3 cm³/mol. The molecule has 0 amide bonds. The Kier molecular flexibility index (Phi) is 1.79. The van der Waals surface area contributed by atoms with Crippen LogP contribution in [-0.4, -0.2) is 14.6 Å². The van der Waals surface area contributed by atoms with Crippen molar-refractivity contribution in [3.05, 3.63) is 45.6 Å². The molecule has 0 fully saturated rings. The molecule has 1 aromatic carbocycles. The van der Waals surface area contributed by atoms with Crippen molar-refractivity contribution in [2.24, 2.45) is 0 Å². The summed E-state index contributed by atoms with van der Waals surface area (Å²) in [5, 5.41) is 4.04. The van der Waals surface area contributed by atoms with Crippen molar-refractivity contribution >= 4 is 28.2 Å². The maximum atomic E-state index is 13.6. The van der Waals surface area contributed by atoms with Crippen molar-refractivity contribution in [3.63, 3.8) is 0 Å².